The minimum atomic E-state index is -4.28. The average Bonchev–Trinajstić information content (AvgIpc) is 2.63. The van der Waals surface area contributed by atoms with Crippen LogP contribution in [0.25, 0.3) is 0 Å². The molecule has 1 aromatic rings. The molecule has 0 saturated heterocycles. The molecule has 4 heteroatoms. The molecule has 0 aliphatic heterocycles. The topological polar surface area (TPSA) is 0 Å². The first-order valence-corrected chi connectivity index (χ1v) is 5.74. The van der Waals surface area contributed by atoms with Crippen molar-refractivity contribution in [2.75, 3.05) is 0 Å². The fraction of sp³-hybridized carbons (Fsp3) is 0.500. The molecule has 0 nitrogen and oxygen atoms in total. The minimum Gasteiger partial charge on any atom is -0.166 e. The summed E-state index contributed by atoms with van der Waals surface area (Å²) in [7, 11) is 0. The highest BCUT2D eigenvalue weighted by Gasteiger charge is 2.37. The lowest BCUT2D eigenvalue weighted by Crippen LogP contribution is -2.14. The van der Waals surface area contributed by atoms with Crippen LogP contribution in [0.15, 0.2) is 24.3 Å². The zero-order valence-corrected chi connectivity index (χ0v) is 9.35. The molecular formula is C12H12ClF3. The summed E-state index contributed by atoms with van der Waals surface area (Å²) in [6, 6.07) is 5.75. The Labute approximate surface area is 97.4 Å². The van der Waals surface area contributed by atoms with E-state index in [9.17, 15) is 13.2 Å². The first kappa shape index (κ1) is 11.8. The molecule has 88 valence electrons. The summed E-state index contributed by atoms with van der Waals surface area (Å²) in [5.74, 6) is -0.153. The highest BCUT2D eigenvalue weighted by molar-refractivity contribution is 6.21. The molecule has 0 spiro atoms. The normalized spacial score (nSPS) is 26.0. The Morgan fingerprint density at radius 1 is 1.12 bits per heavy atom. The third-order valence-electron chi connectivity index (χ3n) is 3.10. The zero-order chi connectivity index (χ0) is 11.8. The monoisotopic (exact) mass is 248 g/mol. The molecule has 16 heavy (non-hydrogen) atoms. The average molecular weight is 249 g/mol. The summed E-state index contributed by atoms with van der Waals surface area (Å²) in [6.45, 7) is 0. The van der Waals surface area contributed by atoms with Gasteiger partial charge in [0.15, 0.2) is 0 Å². The van der Waals surface area contributed by atoms with E-state index in [1.807, 2.05) is 0 Å². The first-order valence-electron chi connectivity index (χ1n) is 5.30. The van der Waals surface area contributed by atoms with Gasteiger partial charge in [-0.1, -0.05) is 24.6 Å². The predicted molar refractivity (Wildman–Crippen MR) is 57.7 cm³/mol. The van der Waals surface area contributed by atoms with Crippen molar-refractivity contribution >= 4 is 11.6 Å². The standard InChI is InChI=1S/C12H12ClF3/c13-11-7-3-5-9(11)8-4-1-2-6-10(8)12(14,15)16/h1-2,4,6,9,11H,3,5,7H2. The Kier molecular flexibility index (Phi) is 3.15. The smallest absolute Gasteiger partial charge is 0.166 e. The van der Waals surface area contributed by atoms with E-state index in [-0.39, 0.29) is 11.3 Å². The predicted octanol–water partition coefficient (Wildman–Crippen LogP) is 4.58. The van der Waals surface area contributed by atoms with Gasteiger partial charge in [-0.25, -0.2) is 0 Å². The van der Waals surface area contributed by atoms with E-state index in [0.717, 1.165) is 25.3 Å². The maximum atomic E-state index is 12.8. The first-order chi connectivity index (χ1) is 7.50. The van der Waals surface area contributed by atoms with Crippen molar-refractivity contribution in [1.82, 2.24) is 0 Å². The van der Waals surface area contributed by atoms with Crippen LogP contribution in [0.5, 0.6) is 0 Å². The van der Waals surface area contributed by atoms with Crippen molar-refractivity contribution in [3.63, 3.8) is 0 Å². The molecule has 0 amide bonds. The molecule has 1 aliphatic rings. The summed E-state index contributed by atoms with van der Waals surface area (Å²) in [5, 5.41) is -0.163. The third kappa shape index (κ3) is 2.19. The van der Waals surface area contributed by atoms with Crippen molar-refractivity contribution in [1.29, 1.82) is 0 Å². The van der Waals surface area contributed by atoms with E-state index in [1.165, 1.54) is 6.07 Å². The SMILES string of the molecule is FC(F)(F)c1ccccc1C1CCCC1Cl. The van der Waals surface area contributed by atoms with Crippen molar-refractivity contribution in [2.45, 2.75) is 36.7 Å². The second kappa shape index (κ2) is 4.28. The summed E-state index contributed by atoms with van der Waals surface area (Å²) >= 11 is 6.07. The van der Waals surface area contributed by atoms with E-state index in [2.05, 4.69) is 0 Å². The molecular weight excluding hydrogens is 237 g/mol. The van der Waals surface area contributed by atoms with Crippen LogP contribution < -0.4 is 0 Å². The molecule has 0 heterocycles. The van der Waals surface area contributed by atoms with E-state index >= 15 is 0 Å². The largest absolute Gasteiger partial charge is 0.416 e. The minimum absolute atomic E-state index is 0.153. The van der Waals surface area contributed by atoms with Gasteiger partial charge < -0.3 is 0 Å². The number of hydrogen-bond donors (Lipinski definition) is 0. The maximum absolute atomic E-state index is 12.8. The van der Waals surface area contributed by atoms with Crippen molar-refractivity contribution in [3.05, 3.63) is 35.4 Å². The van der Waals surface area contributed by atoms with Gasteiger partial charge >= 0.3 is 6.18 Å². The van der Waals surface area contributed by atoms with Gasteiger partial charge in [0.25, 0.3) is 0 Å². The quantitative estimate of drug-likeness (QED) is 0.638. The van der Waals surface area contributed by atoms with E-state index < -0.39 is 11.7 Å². The van der Waals surface area contributed by atoms with Gasteiger partial charge in [0.1, 0.15) is 0 Å². The maximum Gasteiger partial charge on any atom is 0.416 e. The summed E-state index contributed by atoms with van der Waals surface area (Å²) in [6.07, 6.45) is -1.82. The second-order valence-electron chi connectivity index (χ2n) is 4.14. The van der Waals surface area contributed by atoms with E-state index in [1.54, 1.807) is 12.1 Å². The van der Waals surface area contributed by atoms with Gasteiger partial charge in [0.05, 0.1) is 5.56 Å². The lowest BCUT2D eigenvalue weighted by Gasteiger charge is -2.19. The van der Waals surface area contributed by atoms with Crippen LogP contribution in [-0.2, 0) is 6.18 Å². The lowest BCUT2D eigenvalue weighted by atomic mass is 9.92. The Morgan fingerprint density at radius 3 is 2.38 bits per heavy atom. The third-order valence-corrected chi connectivity index (χ3v) is 3.62. The number of rotatable bonds is 1. The summed E-state index contributed by atoms with van der Waals surface area (Å²) in [4.78, 5) is 0. The molecule has 1 saturated carbocycles. The molecule has 0 radical (unpaired) electrons. The van der Waals surface area contributed by atoms with Crippen molar-refractivity contribution < 1.29 is 13.2 Å². The molecule has 1 aliphatic carbocycles. The summed E-state index contributed by atoms with van der Waals surface area (Å²) < 4.78 is 38.4. The Morgan fingerprint density at radius 2 is 1.81 bits per heavy atom. The molecule has 1 aromatic carbocycles. The molecule has 0 aromatic heterocycles. The number of alkyl halides is 4. The van der Waals surface area contributed by atoms with Crippen molar-refractivity contribution in [3.8, 4) is 0 Å². The number of hydrogen-bond acceptors (Lipinski definition) is 0. The van der Waals surface area contributed by atoms with Gasteiger partial charge in [-0.2, -0.15) is 13.2 Å². The highest BCUT2D eigenvalue weighted by atomic mass is 35.5. The van der Waals surface area contributed by atoms with Crippen LogP contribution in [0, 0.1) is 0 Å². The van der Waals surface area contributed by atoms with Crippen LogP contribution in [-0.4, -0.2) is 5.38 Å². The van der Waals surface area contributed by atoms with Crippen molar-refractivity contribution in [2.24, 2.45) is 0 Å². The highest BCUT2D eigenvalue weighted by Crippen LogP contribution is 2.43. The molecule has 1 fully saturated rings. The van der Waals surface area contributed by atoms with Crippen LogP contribution in [0.1, 0.15) is 36.3 Å². The van der Waals surface area contributed by atoms with Gasteiger partial charge in [-0.05, 0) is 24.5 Å². The van der Waals surface area contributed by atoms with Gasteiger partial charge in [0, 0.05) is 11.3 Å². The summed E-state index contributed by atoms with van der Waals surface area (Å²) in [5.41, 5.74) is -0.181. The Hall–Kier alpha value is -0.700. The Bertz CT molecular complexity index is 373. The molecule has 0 N–H and O–H groups in total. The van der Waals surface area contributed by atoms with Crippen LogP contribution in [0.4, 0.5) is 13.2 Å². The number of benzene rings is 1. The molecule has 0 bridgehead atoms. The van der Waals surface area contributed by atoms with E-state index in [4.69, 9.17) is 11.6 Å². The molecule has 2 rings (SSSR count). The van der Waals surface area contributed by atoms with Gasteiger partial charge in [-0.15, -0.1) is 11.6 Å². The van der Waals surface area contributed by atoms with Crippen LogP contribution in [0.3, 0.4) is 0 Å². The van der Waals surface area contributed by atoms with Crippen LogP contribution in [0.2, 0.25) is 0 Å². The van der Waals surface area contributed by atoms with E-state index in [0.29, 0.717) is 5.56 Å². The number of halogens is 4. The fourth-order valence-corrected chi connectivity index (χ4v) is 2.76. The van der Waals surface area contributed by atoms with Crippen LogP contribution >= 0.6 is 11.6 Å². The molecule has 2 atom stereocenters. The second-order valence-corrected chi connectivity index (χ2v) is 4.70. The molecule has 2 unspecified atom stereocenters. The Balaban J connectivity index is 2.40. The van der Waals surface area contributed by atoms with Gasteiger partial charge in [0.2, 0.25) is 0 Å². The zero-order valence-electron chi connectivity index (χ0n) is 8.60. The fourth-order valence-electron chi connectivity index (χ4n) is 2.34. The lowest BCUT2D eigenvalue weighted by molar-refractivity contribution is -0.138. The van der Waals surface area contributed by atoms with Gasteiger partial charge in [-0.3, -0.25) is 0 Å².